The van der Waals surface area contributed by atoms with Gasteiger partial charge >= 0.3 is 0 Å². The summed E-state index contributed by atoms with van der Waals surface area (Å²) in [4.78, 5) is 2.84. The second-order valence-electron chi connectivity index (χ2n) is 14.7. The average molecular weight is 468 g/mol. The predicted octanol–water partition coefficient (Wildman–Crippen LogP) is 6.20. The van der Waals surface area contributed by atoms with Crippen LogP contribution in [0.25, 0.3) is 0 Å². The summed E-state index contributed by atoms with van der Waals surface area (Å²) in [6.45, 7) is 15.2. The molecule has 0 aromatic heterocycles. The molecule has 7 rings (SSSR count). The number of likely N-dealkylation sites (tertiary alicyclic amines) is 1. The molecule has 2 spiro atoms. The van der Waals surface area contributed by atoms with Gasteiger partial charge in [0.25, 0.3) is 0 Å². The maximum absolute atomic E-state index is 10.4. The Kier molecular flexibility index (Phi) is 4.78. The molecule has 0 aromatic rings. The van der Waals surface area contributed by atoms with Crippen LogP contribution in [0, 0.1) is 45.8 Å². The Morgan fingerprint density at radius 1 is 1.12 bits per heavy atom. The van der Waals surface area contributed by atoms with E-state index >= 15 is 0 Å². The maximum Gasteiger partial charge on any atom is 0.0787 e. The fourth-order valence-corrected chi connectivity index (χ4v) is 12.1. The van der Waals surface area contributed by atoms with Crippen LogP contribution in [-0.4, -0.2) is 46.9 Å². The van der Waals surface area contributed by atoms with Crippen LogP contribution < -0.4 is 0 Å². The molecule has 12 atom stereocenters. The minimum atomic E-state index is -0.194. The third-order valence-electron chi connectivity index (χ3n) is 13.5. The maximum atomic E-state index is 10.4. The van der Waals surface area contributed by atoms with Crippen LogP contribution in [0.1, 0.15) is 98.8 Å². The van der Waals surface area contributed by atoms with E-state index in [1.165, 1.54) is 70.9 Å². The zero-order valence-electron chi connectivity index (χ0n) is 22.5. The van der Waals surface area contributed by atoms with E-state index < -0.39 is 0 Å². The largest absolute Gasteiger partial charge is 0.389 e. The lowest BCUT2D eigenvalue weighted by Crippen LogP contribution is -2.54. The van der Waals surface area contributed by atoms with Crippen molar-refractivity contribution >= 4 is 0 Å². The topological polar surface area (TPSA) is 32.7 Å². The summed E-state index contributed by atoms with van der Waals surface area (Å²) in [6.07, 6.45) is 15.4. The van der Waals surface area contributed by atoms with Gasteiger partial charge in [-0.3, -0.25) is 4.90 Å². The second kappa shape index (κ2) is 7.13. The third-order valence-corrected chi connectivity index (χ3v) is 13.5. The monoisotopic (exact) mass is 467 g/mol. The smallest absolute Gasteiger partial charge is 0.0787 e. The molecule has 3 heteroatoms. The number of aliphatic hydroxyl groups excluding tert-OH is 1. The highest BCUT2D eigenvalue weighted by molar-refractivity contribution is 5.35. The minimum absolute atomic E-state index is 0.102. The zero-order valence-corrected chi connectivity index (χ0v) is 22.5. The quantitative estimate of drug-likeness (QED) is 0.491. The van der Waals surface area contributed by atoms with Gasteiger partial charge in [-0.05, 0) is 105 Å². The van der Waals surface area contributed by atoms with Crippen LogP contribution in [0.3, 0.4) is 0 Å². The lowest BCUT2D eigenvalue weighted by atomic mass is 9.56. The number of rotatable bonds is 2. The Hall–Kier alpha value is -0.380. The van der Waals surface area contributed by atoms with E-state index in [1.54, 1.807) is 5.57 Å². The van der Waals surface area contributed by atoms with E-state index in [2.05, 4.69) is 45.6 Å². The standard InChI is InChI=1S/C31H49NO2/c1-6-13-32-17-19(2)14-26-27(32)20(3)31(34-26)12-10-24-23-8-7-21-15-22(33)9-11-28(21,4)25(23)16-30(24)18-29(30,31)5/h15,19-20,22-27,33H,6-14,16-18H2,1-5H3/t19-,20+,22-,23-,24-,25-,26+,27-,28-,29?,30?,31+/m0/s1. The number of fused-ring (bicyclic) bond motifs is 6. The summed E-state index contributed by atoms with van der Waals surface area (Å²) in [6, 6.07) is 0.637. The SMILES string of the molecule is CCCN1C[C@@H](C)C[C@H]2O[C@]3(CC[C@H]4[C@@H]5CCC6=C[C@@H](O)CC[C@]6(C)[C@H]5CC45CC53C)[C@H](C)[C@@H]21. The molecule has 34 heavy (non-hydrogen) atoms. The van der Waals surface area contributed by atoms with Gasteiger partial charge in [-0.15, -0.1) is 0 Å². The molecule has 0 bridgehead atoms. The second-order valence-corrected chi connectivity index (χ2v) is 14.7. The number of hydrogen-bond donors (Lipinski definition) is 1. The van der Waals surface area contributed by atoms with Crippen molar-refractivity contribution < 1.29 is 9.84 Å². The first kappa shape index (κ1) is 22.8. The lowest BCUT2D eigenvalue weighted by Gasteiger charge is -2.50. The molecular weight excluding hydrogens is 418 g/mol. The van der Waals surface area contributed by atoms with Gasteiger partial charge in [0.05, 0.1) is 17.8 Å². The van der Waals surface area contributed by atoms with Gasteiger partial charge in [0.2, 0.25) is 0 Å². The first-order chi connectivity index (χ1) is 16.2. The van der Waals surface area contributed by atoms with Crippen molar-refractivity contribution in [2.45, 2.75) is 123 Å². The van der Waals surface area contributed by atoms with E-state index in [-0.39, 0.29) is 11.7 Å². The van der Waals surface area contributed by atoms with Gasteiger partial charge < -0.3 is 9.84 Å². The van der Waals surface area contributed by atoms with E-state index in [9.17, 15) is 5.11 Å². The van der Waals surface area contributed by atoms with Crippen molar-refractivity contribution in [1.29, 1.82) is 0 Å². The van der Waals surface area contributed by atoms with Gasteiger partial charge in [-0.2, -0.15) is 0 Å². The van der Waals surface area contributed by atoms with Gasteiger partial charge in [-0.1, -0.05) is 46.3 Å². The number of aliphatic hydroxyl groups is 1. The summed E-state index contributed by atoms with van der Waals surface area (Å²) in [5.74, 6) is 4.07. The number of ether oxygens (including phenoxy) is 1. The van der Waals surface area contributed by atoms with Crippen molar-refractivity contribution in [3.8, 4) is 0 Å². The molecule has 6 fully saturated rings. The van der Waals surface area contributed by atoms with Crippen molar-refractivity contribution in [2.75, 3.05) is 13.1 Å². The van der Waals surface area contributed by atoms with Crippen molar-refractivity contribution in [3.63, 3.8) is 0 Å². The Morgan fingerprint density at radius 3 is 2.74 bits per heavy atom. The van der Waals surface area contributed by atoms with Crippen LogP contribution >= 0.6 is 0 Å². The summed E-state index contributed by atoms with van der Waals surface area (Å²) in [5.41, 5.74) is 2.95. The highest BCUT2D eigenvalue weighted by Gasteiger charge is 2.84. The first-order valence-electron chi connectivity index (χ1n) is 15.0. The average Bonchev–Trinajstić information content (AvgIpc) is 3.13. The number of hydrogen-bond acceptors (Lipinski definition) is 3. The molecule has 190 valence electrons. The number of piperidine rings is 1. The van der Waals surface area contributed by atoms with Gasteiger partial charge in [-0.25, -0.2) is 0 Å². The van der Waals surface area contributed by atoms with Gasteiger partial charge in [0.15, 0.2) is 0 Å². The van der Waals surface area contributed by atoms with E-state index in [1.807, 2.05) is 0 Å². The molecule has 0 amide bonds. The van der Waals surface area contributed by atoms with E-state index in [0.29, 0.717) is 34.3 Å². The molecule has 7 aliphatic rings. The fourth-order valence-electron chi connectivity index (χ4n) is 12.1. The van der Waals surface area contributed by atoms with E-state index in [0.717, 1.165) is 30.1 Å². The van der Waals surface area contributed by atoms with Gasteiger partial charge in [0, 0.05) is 23.9 Å². The minimum Gasteiger partial charge on any atom is -0.389 e. The normalized spacial score (nSPS) is 60.1. The molecule has 5 aliphatic carbocycles. The molecule has 0 aromatic carbocycles. The van der Waals surface area contributed by atoms with Crippen molar-refractivity contribution in [1.82, 2.24) is 4.90 Å². The summed E-state index contributed by atoms with van der Waals surface area (Å²) in [5, 5.41) is 10.4. The Labute approximate surface area is 208 Å². The van der Waals surface area contributed by atoms with Crippen molar-refractivity contribution in [3.05, 3.63) is 11.6 Å². The first-order valence-corrected chi connectivity index (χ1v) is 15.0. The van der Waals surface area contributed by atoms with Crippen LogP contribution in [-0.2, 0) is 4.74 Å². The molecule has 2 unspecified atom stereocenters. The van der Waals surface area contributed by atoms with Crippen LogP contribution in [0.2, 0.25) is 0 Å². The highest BCUT2D eigenvalue weighted by atomic mass is 16.5. The molecular formula is C31H49NO2. The Balaban J connectivity index is 1.22. The zero-order chi connectivity index (χ0) is 23.7. The number of nitrogens with zero attached hydrogens (tertiary/aromatic N) is 1. The summed E-state index contributed by atoms with van der Waals surface area (Å²) in [7, 11) is 0. The molecule has 3 nitrogen and oxygen atoms in total. The fraction of sp³-hybridized carbons (Fsp3) is 0.935. The van der Waals surface area contributed by atoms with E-state index in [4.69, 9.17) is 4.74 Å². The summed E-state index contributed by atoms with van der Waals surface area (Å²) >= 11 is 0. The summed E-state index contributed by atoms with van der Waals surface area (Å²) < 4.78 is 7.43. The van der Waals surface area contributed by atoms with Crippen LogP contribution in [0.15, 0.2) is 11.6 Å². The Morgan fingerprint density at radius 2 is 1.94 bits per heavy atom. The molecule has 2 saturated heterocycles. The number of allylic oxidation sites excluding steroid dienone is 1. The Bertz CT molecular complexity index is 900. The van der Waals surface area contributed by atoms with Crippen molar-refractivity contribution in [2.24, 2.45) is 45.8 Å². The molecule has 2 aliphatic heterocycles. The molecule has 0 radical (unpaired) electrons. The van der Waals surface area contributed by atoms with Crippen LogP contribution in [0.4, 0.5) is 0 Å². The molecule has 1 N–H and O–H groups in total. The van der Waals surface area contributed by atoms with Crippen LogP contribution in [0.5, 0.6) is 0 Å². The highest BCUT2D eigenvalue weighted by Crippen LogP contribution is 2.87. The lowest BCUT2D eigenvalue weighted by molar-refractivity contribution is -0.148. The van der Waals surface area contributed by atoms with Gasteiger partial charge in [0.1, 0.15) is 0 Å². The predicted molar refractivity (Wildman–Crippen MR) is 136 cm³/mol. The third kappa shape index (κ3) is 2.56. The molecule has 4 saturated carbocycles. The molecule has 2 heterocycles.